The van der Waals surface area contributed by atoms with Gasteiger partial charge >= 0.3 is 0 Å². The Bertz CT molecular complexity index is 317. The average molecular weight is 189 g/mol. The summed E-state index contributed by atoms with van der Waals surface area (Å²) in [6, 6.07) is 6.73. The molecule has 0 aliphatic heterocycles. The molecule has 0 saturated carbocycles. The van der Waals surface area contributed by atoms with Gasteiger partial charge in [0.25, 0.3) is 0 Å². The molecule has 0 fully saturated rings. The summed E-state index contributed by atoms with van der Waals surface area (Å²) < 4.78 is 0. The summed E-state index contributed by atoms with van der Waals surface area (Å²) in [5, 5.41) is 3.24. The van der Waals surface area contributed by atoms with E-state index in [1.807, 2.05) is 7.05 Å². The van der Waals surface area contributed by atoms with Crippen LogP contribution in [-0.2, 0) is 6.42 Å². The zero-order valence-corrected chi connectivity index (χ0v) is 9.14. The zero-order chi connectivity index (χ0) is 9.97. The Labute approximate surface area is 86.5 Å². The van der Waals surface area contributed by atoms with Gasteiger partial charge in [-0.2, -0.15) is 0 Å². The fraction of sp³-hybridized carbons (Fsp3) is 0.538. The lowest BCUT2D eigenvalue weighted by molar-refractivity contribution is 0.590. The van der Waals surface area contributed by atoms with Gasteiger partial charge in [-0.25, -0.2) is 0 Å². The van der Waals surface area contributed by atoms with Crippen LogP contribution in [0.3, 0.4) is 0 Å². The molecule has 0 amide bonds. The van der Waals surface area contributed by atoms with Crippen LogP contribution in [0.2, 0.25) is 0 Å². The van der Waals surface area contributed by atoms with Gasteiger partial charge < -0.3 is 5.32 Å². The highest BCUT2D eigenvalue weighted by Crippen LogP contribution is 2.37. The molecule has 0 saturated heterocycles. The summed E-state index contributed by atoms with van der Waals surface area (Å²) in [6.07, 6.45) is 3.92. The van der Waals surface area contributed by atoms with Gasteiger partial charge in [-0.3, -0.25) is 0 Å². The lowest BCUT2D eigenvalue weighted by atomic mass is 9.94. The zero-order valence-electron chi connectivity index (χ0n) is 9.14. The summed E-state index contributed by atoms with van der Waals surface area (Å²) in [7, 11) is 2.04. The minimum atomic E-state index is 0.804. The lowest BCUT2D eigenvalue weighted by Gasteiger charge is -2.13. The fourth-order valence-electron chi connectivity index (χ4n) is 2.62. The number of aryl methyl sites for hydroxylation is 2. The number of nitrogens with one attached hydrogen (secondary N) is 1. The molecule has 0 bridgehead atoms. The first kappa shape index (κ1) is 9.72. The van der Waals surface area contributed by atoms with E-state index in [1.54, 1.807) is 11.1 Å². The number of hydrogen-bond acceptors (Lipinski definition) is 1. The van der Waals surface area contributed by atoms with Crippen LogP contribution in [0.15, 0.2) is 18.2 Å². The smallest absolute Gasteiger partial charge is 0.00461 e. The Morgan fingerprint density at radius 3 is 3.07 bits per heavy atom. The van der Waals surface area contributed by atoms with Crippen LogP contribution >= 0.6 is 0 Å². The summed E-state index contributed by atoms with van der Waals surface area (Å²) in [4.78, 5) is 0. The van der Waals surface area contributed by atoms with Crippen LogP contribution in [-0.4, -0.2) is 13.6 Å². The molecule has 1 nitrogen and oxygen atoms in total. The van der Waals surface area contributed by atoms with E-state index in [2.05, 4.69) is 30.4 Å². The molecule has 2 rings (SSSR count). The Morgan fingerprint density at radius 1 is 1.43 bits per heavy atom. The van der Waals surface area contributed by atoms with Gasteiger partial charge in [0.1, 0.15) is 0 Å². The molecule has 1 aromatic rings. The van der Waals surface area contributed by atoms with Crippen molar-refractivity contribution in [3.8, 4) is 0 Å². The third-order valence-corrected chi connectivity index (χ3v) is 3.33. The minimum absolute atomic E-state index is 0.804. The predicted molar refractivity (Wildman–Crippen MR) is 60.8 cm³/mol. The number of benzene rings is 1. The molecular formula is C13H19N. The molecule has 0 heterocycles. The van der Waals surface area contributed by atoms with Crippen LogP contribution in [0, 0.1) is 6.92 Å². The molecule has 1 atom stereocenters. The molecular weight excluding hydrogens is 170 g/mol. The number of fused-ring (bicyclic) bond motifs is 1. The molecule has 14 heavy (non-hydrogen) atoms. The summed E-state index contributed by atoms with van der Waals surface area (Å²) in [6.45, 7) is 3.38. The van der Waals surface area contributed by atoms with Crippen molar-refractivity contribution in [1.82, 2.24) is 5.32 Å². The molecule has 0 spiro atoms. The van der Waals surface area contributed by atoms with Crippen molar-refractivity contribution in [3.63, 3.8) is 0 Å². The first-order valence-electron chi connectivity index (χ1n) is 5.56. The van der Waals surface area contributed by atoms with Crippen LogP contribution < -0.4 is 5.32 Å². The first-order chi connectivity index (χ1) is 6.83. The highest BCUT2D eigenvalue weighted by Gasteiger charge is 2.22. The Hall–Kier alpha value is -0.820. The fourth-order valence-corrected chi connectivity index (χ4v) is 2.62. The second-order valence-electron chi connectivity index (χ2n) is 4.28. The van der Waals surface area contributed by atoms with Crippen LogP contribution in [0.4, 0.5) is 0 Å². The maximum atomic E-state index is 3.24. The van der Waals surface area contributed by atoms with Gasteiger partial charge in [-0.15, -0.1) is 0 Å². The van der Waals surface area contributed by atoms with Crippen molar-refractivity contribution in [1.29, 1.82) is 0 Å². The quantitative estimate of drug-likeness (QED) is 0.770. The molecule has 1 aromatic carbocycles. The molecule has 0 radical (unpaired) electrons. The van der Waals surface area contributed by atoms with E-state index >= 15 is 0 Å². The van der Waals surface area contributed by atoms with Crippen molar-refractivity contribution >= 4 is 0 Å². The van der Waals surface area contributed by atoms with E-state index in [1.165, 1.54) is 24.8 Å². The Morgan fingerprint density at radius 2 is 2.29 bits per heavy atom. The molecule has 0 unspecified atom stereocenters. The number of hydrogen-bond donors (Lipinski definition) is 1. The van der Waals surface area contributed by atoms with Crippen molar-refractivity contribution in [2.24, 2.45) is 0 Å². The third-order valence-electron chi connectivity index (χ3n) is 3.33. The van der Waals surface area contributed by atoms with Crippen molar-refractivity contribution < 1.29 is 0 Å². The molecule has 1 heteroatoms. The second kappa shape index (κ2) is 4.14. The highest BCUT2D eigenvalue weighted by atomic mass is 14.8. The molecule has 1 N–H and O–H groups in total. The van der Waals surface area contributed by atoms with E-state index in [0.29, 0.717) is 0 Å². The maximum absolute atomic E-state index is 3.24. The molecule has 0 aromatic heterocycles. The second-order valence-corrected chi connectivity index (χ2v) is 4.28. The molecule has 1 aliphatic rings. The third kappa shape index (κ3) is 1.69. The predicted octanol–water partition coefficient (Wildman–Crippen LogP) is 2.63. The Kier molecular flexibility index (Phi) is 2.87. The van der Waals surface area contributed by atoms with E-state index in [0.717, 1.165) is 12.5 Å². The SMILES string of the molecule is CNCC[C@@H]1CCc2cccc(C)c21. The van der Waals surface area contributed by atoms with Crippen LogP contribution in [0.25, 0.3) is 0 Å². The Balaban J connectivity index is 2.20. The first-order valence-corrected chi connectivity index (χ1v) is 5.56. The monoisotopic (exact) mass is 189 g/mol. The van der Waals surface area contributed by atoms with Gasteiger partial charge in [-0.05, 0) is 62.4 Å². The average Bonchev–Trinajstić information content (AvgIpc) is 2.59. The molecule has 76 valence electrons. The maximum Gasteiger partial charge on any atom is -0.00461 e. The summed E-state index contributed by atoms with van der Waals surface area (Å²) >= 11 is 0. The van der Waals surface area contributed by atoms with Gasteiger partial charge in [-0.1, -0.05) is 18.2 Å². The van der Waals surface area contributed by atoms with Gasteiger partial charge in [0.2, 0.25) is 0 Å². The van der Waals surface area contributed by atoms with Crippen molar-refractivity contribution in [2.45, 2.75) is 32.1 Å². The standard InChI is InChI=1S/C13H19N/c1-10-4-3-5-11-6-7-12(13(10)11)8-9-14-2/h3-5,12,14H,6-9H2,1-2H3/t12-/m0/s1. The highest BCUT2D eigenvalue weighted by molar-refractivity contribution is 5.40. The summed E-state index contributed by atoms with van der Waals surface area (Å²) in [5.74, 6) is 0.804. The topological polar surface area (TPSA) is 12.0 Å². The van der Waals surface area contributed by atoms with E-state index < -0.39 is 0 Å². The van der Waals surface area contributed by atoms with E-state index in [-0.39, 0.29) is 0 Å². The lowest BCUT2D eigenvalue weighted by Crippen LogP contribution is -2.11. The van der Waals surface area contributed by atoms with Crippen LogP contribution in [0.1, 0.15) is 35.4 Å². The van der Waals surface area contributed by atoms with E-state index in [9.17, 15) is 0 Å². The minimum Gasteiger partial charge on any atom is -0.320 e. The summed E-state index contributed by atoms with van der Waals surface area (Å²) in [5.41, 5.74) is 4.72. The van der Waals surface area contributed by atoms with Gasteiger partial charge in [0.15, 0.2) is 0 Å². The normalized spacial score (nSPS) is 19.7. The van der Waals surface area contributed by atoms with Gasteiger partial charge in [0.05, 0.1) is 0 Å². The van der Waals surface area contributed by atoms with Crippen molar-refractivity contribution in [3.05, 3.63) is 34.9 Å². The molecule has 1 aliphatic carbocycles. The van der Waals surface area contributed by atoms with Crippen LogP contribution in [0.5, 0.6) is 0 Å². The van der Waals surface area contributed by atoms with Gasteiger partial charge in [0, 0.05) is 0 Å². The van der Waals surface area contributed by atoms with Crippen molar-refractivity contribution in [2.75, 3.05) is 13.6 Å². The van der Waals surface area contributed by atoms with E-state index in [4.69, 9.17) is 0 Å². The largest absolute Gasteiger partial charge is 0.320 e. The number of rotatable bonds is 3.